The first-order valence-electron chi connectivity index (χ1n) is 6.70. The molecule has 5 nitrogen and oxygen atoms in total. The van der Waals surface area contributed by atoms with Crippen LogP contribution < -0.4 is 5.32 Å². The highest BCUT2D eigenvalue weighted by Gasteiger charge is 2.37. The maximum Gasteiger partial charge on any atom is 0.316 e. The van der Waals surface area contributed by atoms with Crippen molar-refractivity contribution in [2.24, 2.45) is 11.3 Å². The maximum absolute atomic E-state index is 12.1. The second-order valence-corrected chi connectivity index (χ2v) is 5.82. The van der Waals surface area contributed by atoms with E-state index in [0.29, 0.717) is 0 Å². The molecule has 1 rings (SSSR count). The molecule has 1 unspecified atom stereocenters. The zero-order chi connectivity index (χ0) is 15.3. The van der Waals surface area contributed by atoms with Crippen LogP contribution in [0, 0.1) is 11.3 Å². The Labute approximate surface area is 119 Å². The summed E-state index contributed by atoms with van der Waals surface area (Å²) in [6, 6.07) is 3.80. The Kier molecular flexibility index (Phi) is 5.25. The van der Waals surface area contributed by atoms with Gasteiger partial charge in [0.15, 0.2) is 0 Å². The van der Waals surface area contributed by atoms with Crippen molar-refractivity contribution in [1.82, 2.24) is 10.3 Å². The number of pyridine rings is 1. The summed E-state index contributed by atoms with van der Waals surface area (Å²) >= 11 is 0. The van der Waals surface area contributed by atoms with Crippen LogP contribution in [0.1, 0.15) is 39.0 Å². The van der Waals surface area contributed by atoms with E-state index in [0.717, 1.165) is 17.7 Å². The van der Waals surface area contributed by atoms with Gasteiger partial charge in [0.1, 0.15) is 5.92 Å². The fourth-order valence-corrected chi connectivity index (χ4v) is 2.10. The van der Waals surface area contributed by atoms with E-state index in [1.165, 1.54) is 0 Å². The van der Waals surface area contributed by atoms with E-state index < -0.39 is 23.2 Å². The highest BCUT2D eigenvalue weighted by atomic mass is 16.4. The molecule has 0 spiro atoms. The molecule has 1 heterocycles. The van der Waals surface area contributed by atoms with Gasteiger partial charge in [-0.05, 0) is 23.5 Å². The normalized spacial score (nSPS) is 12.8. The van der Waals surface area contributed by atoms with Gasteiger partial charge in [0.2, 0.25) is 5.91 Å². The van der Waals surface area contributed by atoms with Crippen molar-refractivity contribution in [3.05, 3.63) is 29.6 Å². The molecule has 20 heavy (non-hydrogen) atoms. The summed E-state index contributed by atoms with van der Waals surface area (Å²) in [6.07, 6.45) is 2.49. The zero-order valence-electron chi connectivity index (χ0n) is 12.4. The predicted octanol–water partition coefficient (Wildman–Crippen LogP) is 2.01. The molecule has 2 N–H and O–H groups in total. The van der Waals surface area contributed by atoms with Gasteiger partial charge in [-0.25, -0.2) is 0 Å². The van der Waals surface area contributed by atoms with Gasteiger partial charge in [0, 0.05) is 6.20 Å². The lowest BCUT2D eigenvalue weighted by molar-refractivity contribution is -0.151. The summed E-state index contributed by atoms with van der Waals surface area (Å²) < 4.78 is 0. The van der Waals surface area contributed by atoms with E-state index in [1.807, 2.05) is 19.1 Å². The predicted molar refractivity (Wildman–Crippen MR) is 76.0 cm³/mol. The minimum atomic E-state index is -1.10. The lowest BCUT2D eigenvalue weighted by Gasteiger charge is -2.26. The Morgan fingerprint density at radius 2 is 2.05 bits per heavy atom. The van der Waals surface area contributed by atoms with Crippen molar-refractivity contribution in [2.75, 3.05) is 0 Å². The molecule has 0 fully saturated rings. The van der Waals surface area contributed by atoms with Gasteiger partial charge in [0.25, 0.3) is 0 Å². The molecule has 0 saturated carbocycles. The van der Waals surface area contributed by atoms with Gasteiger partial charge < -0.3 is 10.4 Å². The Bertz CT molecular complexity index is 492. The third kappa shape index (κ3) is 4.05. The number of carbonyl (C=O) groups excluding carboxylic acids is 1. The van der Waals surface area contributed by atoms with E-state index in [2.05, 4.69) is 10.3 Å². The van der Waals surface area contributed by atoms with E-state index in [9.17, 15) is 14.7 Å². The smallest absolute Gasteiger partial charge is 0.316 e. The van der Waals surface area contributed by atoms with Crippen LogP contribution in [0.2, 0.25) is 0 Å². The lowest BCUT2D eigenvalue weighted by atomic mass is 9.80. The number of carboxylic acid groups (broad SMARTS) is 1. The molecular weight excluding hydrogens is 256 g/mol. The van der Waals surface area contributed by atoms with Crippen molar-refractivity contribution in [3.63, 3.8) is 0 Å². The molecule has 0 aliphatic carbocycles. The minimum Gasteiger partial charge on any atom is -0.481 e. The number of amides is 1. The third-order valence-electron chi connectivity index (χ3n) is 3.17. The lowest BCUT2D eigenvalue weighted by Crippen LogP contribution is -2.42. The summed E-state index contributed by atoms with van der Waals surface area (Å²) in [4.78, 5) is 27.6. The maximum atomic E-state index is 12.1. The molecule has 110 valence electrons. The number of rotatable bonds is 5. The minimum absolute atomic E-state index is 0.253. The van der Waals surface area contributed by atoms with Crippen molar-refractivity contribution >= 4 is 11.9 Å². The molecule has 0 saturated heterocycles. The van der Waals surface area contributed by atoms with Crippen LogP contribution in [0.3, 0.4) is 0 Å². The Morgan fingerprint density at radius 1 is 1.40 bits per heavy atom. The van der Waals surface area contributed by atoms with E-state index >= 15 is 0 Å². The molecule has 1 aromatic heterocycles. The highest BCUT2D eigenvalue weighted by Crippen LogP contribution is 2.26. The molecule has 5 heteroatoms. The first-order chi connectivity index (χ1) is 9.27. The number of nitrogens with zero attached hydrogens (tertiary/aromatic N) is 1. The summed E-state index contributed by atoms with van der Waals surface area (Å²) in [7, 11) is 0. The monoisotopic (exact) mass is 278 g/mol. The molecule has 0 bridgehead atoms. The van der Waals surface area contributed by atoms with Crippen molar-refractivity contribution in [2.45, 2.75) is 40.7 Å². The standard InChI is InChI=1S/C15H22N2O3/c1-5-10-7-6-8-16-11(10)9-17-13(18)12(14(19)20)15(2,3)4/h6-8,12H,5,9H2,1-4H3,(H,17,18)(H,19,20). The molecule has 1 aromatic rings. The zero-order valence-corrected chi connectivity index (χ0v) is 12.4. The quantitative estimate of drug-likeness (QED) is 0.807. The Morgan fingerprint density at radius 3 is 2.55 bits per heavy atom. The number of carbonyl (C=O) groups is 2. The van der Waals surface area contributed by atoms with Gasteiger partial charge in [0.05, 0.1) is 12.2 Å². The molecule has 1 atom stereocenters. The van der Waals surface area contributed by atoms with Crippen LogP contribution in [-0.2, 0) is 22.6 Å². The van der Waals surface area contributed by atoms with E-state index in [-0.39, 0.29) is 6.54 Å². The number of aryl methyl sites for hydroxylation is 1. The number of nitrogens with one attached hydrogen (secondary N) is 1. The molecule has 0 aliphatic rings. The third-order valence-corrected chi connectivity index (χ3v) is 3.17. The number of carboxylic acids is 1. The Hall–Kier alpha value is -1.91. The highest BCUT2D eigenvalue weighted by molar-refractivity contribution is 5.97. The summed E-state index contributed by atoms with van der Waals surface area (Å²) in [5.74, 6) is -2.65. The van der Waals surface area contributed by atoms with Gasteiger partial charge in [-0.1, -0.05) is 33.8 Å². The average molecular weight is 278 g/mol. The second kappa shape index (κ2) is 6.50. The molecule has 0 aromatic carbocycles. The van der Waals surface area contributed by atoms with Crippen LogP contribution >= 0.6 is 0 Å². The topological polar surface area (TPSA) is 79.3 Å². The molecule has 1 amide bonds. The van der Waals surface area contributed by atoms with Gasteiger partial charge in [-0.2, -0.15) is 0 Å². The summed E-state index contributed by atoms with van der Waals surface area (Å²) in [5.41, 5.74) is 1.20. The first-order valence-corrected chi connectivity index (χ1v) is 6.70. The summed E-state index contributed by atoms with van der Waals surface area (Å²) in [6.45, 7) is 7.48. The van der Waals surface area contributed by atoms with Gasteiger partial charge >= 0.3 is 5.97 Å². The van der Waals surface area contributed by atoms with Crippen LogP contribution in [0.4, 0.5) is 0 Å². The number of hydrogen-bond acceptors (Lipinski definition) is 3. The van der Waals surface area contributed by atoms with Crippen LogP contribution in [0.5, 0.6) is 0 Å². The molecule has 0 aliphatic heterocycles. The SMILES string of the molecule is CCc1cccnc1CNC(=O)C(C(=O)O)C(C)(C)C. The van der Waals surface area contributed by atoms with Crippen LogP contribution in [-0.4, -0.2) is 22.0 Å². The van der Waals surface area contributed by atoms with E-state index in [4.69, 9.17) is 0 Å². The number of hydrogen-bond donors (Lipinski definition) is 2. The van der Waals surface area contributed by atoms with Crippen molar-refractivity contribution in [3.8, 4) is 0 Å². The molecule has 0 radical (unpaired) electrons. The van der Waals surface area contributed by atoms with E-state index in [1.54, 1.807) is 27.0 Å². The largest absolute Gasteiger partial charge is 0.481 e. The molecular formula is C15H22N2O3. The number of aromatic nitrogens is 1. The van der Waals surface area contributed by atoms with Crippen molar-refractivity contribution < 1.29 is 14.7 Å². The van der Waals surface area contributed by atoms with Gasteiger partial charge in [-0.15, -0.1) is 0 Å². The fourth-order valence-electron chi connectivity index (χ4n) is 2.10. The fraction of sp³-hybridized carbons (Fsp3) is 0.533. The van der Waals surface area contributed by atoms with Gasteiger partial charge in [-0.3, -0.25) is 14.6 Å². The second-order valence-electron chi connectivity index (χ2n) is 5.82. The van der Waals surface area contributed by atoms with Crippen LogP contribution in [0.25, 0.3) is 0 Å². The van der Waals surface area contributed by atoms with Crippen molar-refractivity contribution in [1.29, 1.82) is 0 Å². The summed E-state index contributed by atoms with van der Waals surface area (Å²) in [5, 5.41) is 11.9. The first kappa shape index (κ1) is 16.1. The van der Waals surface area contributed by atoms with Crippen LogP contribution in [0.15, 0.2) is 18.3 Å². The Balaban J connectivity index is 2.78. The average Bonchev–Trinajstić information content (AvgIpc) is 2.34. The number of aliphatic carboxylic acids is 1.